The third kappa shape index (κ3) is 6.45. The number of hydrogen-bond acceptors (Lipinski definition) is 2. The van der Waals surface area contributed by atoms with Crippen molar-refractivity contribution in [2.24, 2.45) is 17.8 Å². The molecule has 0 aromatic heterocycles. The Morgan fingerprint density at radius 3 is 2.34 bits per heavy atom. The molecule has 0 amide bonds. The van der Waals surface area contributed by atoms with E-state index in [9.17, 15) is 18.0 Å². The van der Waals surface area contributed by atoms with Crippen LogP contribution in [0.5, 0.6) is 5.75 Å². The van der Waals surface area contributed by atoms with Crippen molar-refractivity contribution in [3.63, 3.8) is 0 Å². The molecule has 0 spiro atoms. The van der Waals surface area contributed by atoms with Gasteiger partial charge in [-0.2, -0.15) is 13.2 Å². The predicted molar refractivity (Wildman–Crippen MR) is 128 cm³/mol. The van der Waals surface area contributed by atoms with Gasteiger partial charge in [0.15, 0.2) is 0 Å². The summed E-state index contributed by atoms with van der Waals surface area (Å²) in [5.41, 5.74) is -0.126. The molecule has 0 saturated heterocycles. The van der Waals surface area contributed by atoms with Gasteiger partial charge in [0.05, 0.1) is 11.1 Å². The topological polar surface area (TPSA) is 26.3 Å². The molecule has 2 nitrogen and oxygen atoms in total. The molecule has 2 aliphatic carbocycles. The Morgan fingerprint density at radius 1 is 0.943 bits per heavy atom. The van der Waals surface area contributed by atoms with Gasteiger partial charge in [0.1, 0.15) is 11.6 Å². The van der Waals surface area contributed by atoms with Crippen LogP contribution in [0, 0.1) is 23.6 Å². The molecule has 35 heavy (non-hydrogen) atoms. The van der Waals surface area contributed by atoms with Crippen LogP contribution in [-0.4, -0.2) is 5.97 Å². The second-order valence-electron chi connectivity index (χ2n) is 10.4. The number of ether oxygens (including phenoxy) is 1. The molecule has 4 rings (SSSR count). The van der Waals surface area contributed by atoms with Crippen LogP contribution in [-0.2, 0) is 6.18 Å². The zero-order valence-corrected chi connectivity index (χ0v) is 20.3. The van der Waals surface area contributed by atoms with E-state index >= 15 is 4.39 Å². The number of rotatable bonds is 7. The summed E-state index contributed by atoms with van der Waals surface area (Å²) >= 11 is 0. The fourth-order valence-electron chi connectivity index (χ4n) is 6.08. The van der Waals surface area contributed by atoms with Gasteiger partial charge >= 0.3 is 12.1 Å². The molecule has 0 heterocycles. The first-order valence-corrected chi connectivity index (χ1v) is 12.9. The van der Waals surface area contributed by atoms with E-state index in [0.717, 1.165) is 55.4 Å². The Hall–Kier alpha value is -2.37. The fraction of sp³-hybridized carbons (Fsp3) is 0.552. The molecule has 2 saturated carbocycles. The minimum atomic E-state index is -4.46. The van der Waals surface area contributed by atoms with E-state index in [-0.39, 0.29) is 17.2 Å². The summed E-state index contributed by atoms with van der Waals surface area (Å²) in [6.45, 7) is 2.24. The van der Waals surface area contributed by atoms with Crippen molar-refractivity contribution < 1.29 is 27.1 Å². The van der Waals surface area contributed by atoms with Gasteiger partial charge in [-0.15, -0.1) is 0 Å². The summed E-state index contributed by atoms with van der Waals surface area (Å²) in [6, 6.07) is 8.30. The number of unbranched alkanes of at least 4 members (excludes halogenated alkanes) is 2. The van der Waals surface area contributed by atoms with Crippen LogP contribution >= 0.6 is 0 Å². The Labute approximate surface area is 205 Å². The molecule has 4 atom stereocenters. The SMILES string of the molecule is CCCCCC1CCC2CC(c3ccc(C(=O)Oc4ccc(C(F)(F)F)cc4)cc3F)CCC2C1. The van der Waals surface area contributed by atoms with Gasteiger partial charge in [0, 0.05) is 0 Å². The van der Waals surface area contributed by atoms with E-state index in [0.29, 0.717) is 11.5 Å². The molecular weight excluding hydrogens is 456 g/mol. The molecular formula is C29H34F4O2. The highest BCUT2D eigenvalue weighted by Gasteiger charge is 2.36. The van der Waals surface area contributed by atoms with Crippen LogP contribution < -0.4 is 4.74 Å². The quantitative estimate of drug-likeness (QED) is 0.168. The molecule has 0 bridgehead atoms. The second kappa shape index (κ2) is 11.1. The van der Waals surface area contributed by atoms with Crippen LogP contribution in [0.1, 0.15) is 98.5 Å². The van der Waals surface area contributed by atoms with E-state index in [2.05, 4.69) is 6.92 Å². The van der Waals surface area contributed by atoms with Crippen molar-refractivity contribution in [2.45, 2.75) is 83.2 Å². The van der Waals surface area contributed by atoms with Gasteiger partial charge in [0.25, 0.3) is 0 Å². The van der Waals surface area contributed by atoms with Gasteiger partial charge in [-0.1, -0.05) is 45.1 Å². The lowest BCUT2D eigenvalue weighted by Gasteiger charge is -2.42. The van der Waals surface area contributed by atoms with Crippen LogP contribution in [0.2, 0.25) is 0 Å². The third-order valence-electron chi connectivity index (χ3n) is 8.01. The maximum Gasteiger partial charge on any atom is 0.416 e. The Morgan fingerprint density at radius 2 is 1.66 bits per heavy atom. The Bertz CT molecular complexity index is 999. The minimum absolute atomic E-state index is 0.0175. The number of carbonyl (C=O) groups is 1. The molecule has 2 aliphatic rings. The Kier molecular flexibility index (Phi) is 8.18. The summed E-state index contributed by atoms with van der Waals surface area (Å²) in [5, 5.41) is 0. The fourth-order valence-corrected chi connectivity index (χ4v) is 6.08. The first kappa shape index (κ1) is 25.7. The maximum absolute atomic E-state index is 15.0. The van der Waals surface area contributed by atoms with Gasteiger partial charge < -0.3 is 4.74 Å². The van der Waals surface area contributed by atoms with Crippen molar-refractivity contribution in [2.75, 3.05) is 0 Å². The Balaban J connectivity index is 1.34. The first-order valence-electron chi connectivity index (χ1n) is 12.9. The van der Waals surface area contributed by atoms with Crippen LogP contribution in [0.3, 0.4) is 0 Å². The van der Waals surface area contributed by atoms with Gasteiger partial charge in [-0.25, -0.2) is 9.18 Å². The van der Waals surface area contributed by atoms with Crippen molar-refractivity contribution in [1.29, 1.82) is 0 Å². The number of benzene rings is 2. The zero-order valence-electron chi connectivity index (χ0n) is 20.3. The van der Waals surface area contributed by atoms with Gasteiger partial charge in [-0.05, 0) is 97.7 Å². The van der Waals surface area contributed by atoms with Gasteiger partial charge in [0.2, 0.25) is 0 Å². The lowest BCUT2D eigenvalue weighted by atomic mass is 9.63. The highest BCUT2D eigenvalue weighted by molar-refractivity contribution is 5.91. The number of halogens is 4. The normalized spacial score (nSPS) is 24.6. The molecule has 190 valence electrons. The maximum atomic E-state index is 15.0. The van der Waals surface area contributed by atoms with Crippen LogP contribution in [0.25, 0.3) is 0 Å². The number of fused-ring (bicyclic) bond motifs is 1. The summed E-state index contributed by atoms with van der Waals surface area (Å²) in [6.07, 6.45) is 7.74. The molecule has 4 unspecified atom stereocenters. The van der Waals surface area contributed by atoms with Crippen molar-refractivity contribution in [1.82, 2.24) is 0 Å². The van der Waals surface area contributed by atoms with E-state index in [1.54, 1.807) is 12.1 Å². The van der Waals surface area contributed by atoms with E-state index in [1.807, 2.05) is 0 Å². The third-order valence-corrected chi connectivity index (χ3v) is 8.01. The smallest absolute Gasteiger partial charge is 0.416 e. The van der Waals surface area contributed by atoms with E-state index in [1.165, 1.54) is 51.0 Å². The summed E-state index contributed by atoms with van der Waals surface area (Å²) < 4.78 is 58.3. The summed E-state index contributed by atoms with van der Waals surface area (Å²) in [4.78, 5) is 12.4. The lowest BCUT2D eigenvalue weighted by molar-refractivity contribution is -0.137. The monoisotopic (exact) mass is 490 g/mol. The lowest BCUT2D eigenvalue weighted by Crippen LogP contribution is -2.30. The standard InChI is InChI=1S/C29H34F4O2/c1-2-3-4-5-19-6-7-21-17-22(9-8-20(21)16-19)26-15-10-23(18-27(26)30)28(34)35-25-13-11-24(12-14-25)29(31,32)33/h10-15,18-22H,2-9,16-17H2,1H3. The number of hydrogen-bond donors (Lipinski definition) is 0. The highest BCUT2D eigenvalue weighted by atomic mass is 19.4. The number of alkyl halides is 3. The average Bonchev–Trinajstić information content (AvgIpc) is 2.83. The highest BCUT2D eigenvalue weighted by Crippen LogP contribution is 2.48. The number of carbonyl (C=O) groups excluding carboxylic acids is 1. The largest absolute Gasteiger partial charge is 0.423 e. The molecule has 0 aliphatic heterocycles. The second-order valence-corrected chi connectivity index (χ2v) is 10.4. The van der Waals surface area contributed by atoms with Crippen molar-refractivity contribution in [3.8, 4) is 5.75 Å². The van der Waals surface area contributed by atoms with E-state index < -0.39 is 23.5 Å². The van der Waals surface area contributed by atoms with E-state index in [4.69, 9.17) is 4.74 Å². The zero-order chi connectivity index (χ0) is 25.0. The first-order chi connectivity index (χ1) is 16.7. The molecule has 2 fully saturated rings. The summed E-state index contributed by atoms with van der Waals surface area (Å²) in [5.74, 6) is 1.20. The predicted octanol–water partition coefficient (Wildman–Crippen LogP) is 8.94. The van der Waals surface area contributed by atoms with Crippen LogP contribution in [0.15, 0.2) is 42.5 Å². The molecule has 0 N–H and O–H groups in total. The number of esters is 1. The summed E-state index contributed by atoms with van der Waals surface area (Å²) in [7, 11) is 0. The van der Waals surface area contributed by atoms with Crippen molar-refractivity contribution in [3.05, 3.63) is 65.0 Å². The van der Waals surface area contributed by atoms with Crippen LogP contribution in [0.4, 0.5) is 17.6 Å². The molecule has 2 aromatic rings. The average molecular weight is 491 g/mol. The van der Waals surface area contributed by atoms with Crippen molar-refractivity contribution >= 4 is 5.97 Å². The molecule has 6 heteroatoms. The molecule has 2 aromatic carbocycles. The molecule has 0 radical (unpaired) electrons. The minimum Gasteiger partial charge on any atom is -0.423 e. The van der Waals surface area contributed by atoms with Gasteiger partial charge in [-0.3, -0.25) is 0 Å².